The van der Waals surface area contributed by atoms with Crippen molar-refractivity contribution in [1.29, 1.82) is 0 Å². The number of aromatic nitrogens is 1. The molecule has 0 radical (unpaired) electrons. The lowest BCUT2D eigenvalue weighted by atomic mass is 10.2. The summed E-state index contributed by atoms with van der Waals surface area (Å²) in [7, 11) is 0. The summed E-state index contributed by atoms with van der Waals surface area (Å²) in [5, 5.41) is 2.91. The lowest BCUT2D eigenvalue weighted by Crippen LogP contribution is -2.23. The average Bonchev–Trinajstić information content (AvgIpc) is 3.20. The number of aryl methyl sites for hydroxylation is 1. The molecular weight excluding hydrogens is 344 g/mol. The van der Waals surface area contributed by atoms with Gasteiger partial charge < -0.3 is 19.2 Å². The van der Waals surface area contributed by atoms with Gasteiger partial charge in [-0.3, -0.25) is 4.79 Å². The van der Waals surface area contributed by atoms with Crippen molar-refractivity contribution in [3.63, 3.8) is 0 Å². The molecule has 0 saturated carbocycles. The van der Waals surface area contributed by atoms with Crippen molar-refractivity contribution in [1.82, 2.24) is 10.3 Å². The Labute approximate surface area is 157 Å². The van der Waals surface area contributed by atoms with Crippen LogP contribution >= 0.6 is 0 Å². The highest BCUT2D eigenvalue weighted by molar-refractivity contribution is 5.76. The second kappa shape index (κ2) is 7.95. The third-order valence-corrected chi connectivity index (χ3v) is 4.27. The van der Waals surface area contributed by atoms with Crippen LogP contribution in [0.1, 0.15) is 17.9 Å². The minimum atomic E-state index is -0.0515. The number of hydrogen-bond acceptors (Lipinski definition) is 5. The van der Waals surface area contributed by atoms with Crippen molar-refractivity contribution >= 4 is 5.91 Å². The molecule has 0 unspecified atom stereocenters. The van der Waals surface area contributed by atoms with Crippen LogP contribution in [-0.2, 0) is 17.8 Å². The predicted octanol–water partition coefficient (Wildman–Crippen LogP) is 3.36. The van der Waals surface area contributed by atoms with Gasteiger partial charge in [-0.2, -0.15) is 0 Å². The average molecular weight is 364 g/mol. The first-order chi connectivity index (χ1) is 13.3. The summed E-state index contributed by atoms with van der Waals surface area (Å²) < 4.78 is 16.8. The number of carbonyl (C=O) groups excluding carboxylic acids is 1. The minimum Gasteiger partial charge on any atom is -0.486 e. The Morgan fingerprint density at radius 2 is 1.85 bits per heavy atom. The van der Waals surface area contributed by atoms with Gasteiger partial charge in [0, 0.05) is 24.9 Å². The summed E-state index contributed by atoms with van der Waals surface area (Å²) >= 11 is 0. The summed E-state index contributed by atoms with van der Waals surface area (Å²) in [6.45, 7) is 1.55. The highest BCUT2D eigenvalue weighted by Gasteiger charge is 2.12. The van der Waals surface area contributed by atoms with Crippen LogP contribution in [0.25, 0.3) is 11.3 Å². The third-order valence-electron chi connectivity index (χ3n) is 4.27. The summed E-state index contributed by atoms with van der Waals surface area (Å²) in [5.74, 6) is 2.69. The van der Waals surface area contributed by atoms with Gasteiger partial charge in [0.25, 0.3) is 0 Å². The zero-order valence-electron chi connectivity index (χ0n) is 14.8. The van der Waals surface area contributed by atoms with Gasteiger partial charge in [0.2, 0.25) is 5.91 Å². The molecule has 1 N–H and O–H groups in total. The van der Waals surface area contributed by atoms with Crippen molar-refractivity contribution in [2.75, 3.05) is 13.2 Å². The van der Waals surface area contributed by atoms with Crippen molar-refractivity contribution in [2.24, 2.45) is 0 Å². The number of fused-ring (bicyclic) bond motifs is 1. The molecule has 4 rings (SSSR count). The second-order valence-corrected chi connectivity index (χ2v) is 6.24. The number of ether oxygens (including phenoxy) is 2. The number of carbonyl (C=O) groups is 1. The molecule has 1 aromatic heterocycles. The van der Waals surface area contributed by atoms with Gasteiger partial charge in [-0.25, -0.2) is 4.98 Å². The zero-order chi connectivity index (χ0) is 18.5. The van der Waals surface area contributed by atoms with Gasteiger partial charge >= 0.3 is 0 Å². The summed E-state index contributed by atoms with van der Waals surface area (Å²) in [6, 6.07) is 15.5. The van der Waals surface area contributed by atoms with Crippen LogP contribution in [0.2, 0.25) is 0 Å². The van der Waals surface area contributed by atoms with Crippen molar-refractivity contribution in [3.8, 4) is 22.8 Å². The molecule has 6 nitrogen and oxygen atoms in total. The minimum absolute atomic E-state index is 0.0515. The Kier molecular flexibility index (Phi) is 5.05. The van der Waals surface area contributed by atoms with Gasteiger partial charge in [-0.15, -0.1) is 0 Å². The van der Waals surface area contributed by atoms with E-state index in [1.807, 2.05) is 48.5 Å². The summed E-state index contributed by atoms with van der Waals surface area (Å²) in [6.07, 6.45) is 2.47. The third kappa shape index (κ3) is 4.28. The fourth-order valence-corrected chi connectivity index (χ4v) is 2.87. The topological polar surface area (TPSA) is 73.6 Å². The Morgan fingerprint density at radius 1 is 1.04 bits per heavy atom. The molecule has 27 heavy (non-hydrogen) atoms. The van der Waals surface area contributed by atoms with E-state index >= 15 is 0 Å². The van der Waals surface area contributed by atoms with Gasteiger partial charge in [-0.05, 0) is 17.7 Å². The van der Waals surface area contributed by atoms with Crippen LogP contribution in [0.5, 0.6) is 11.5 Å². The van der Waals surface area contributed by atoms with E-state index < -0.39 is 0 Å². The lowest BCUT2D eigenvalue weighted by Gasteiger charge is -2.18. The highest BCUT2D eigenvalue weighted by atomic mass is 16.6. The Balaban J connectivity index is 1.27. The van der Waals surface area contributed by atoms with Crippen LogP contribution in [0.4, 0.5) is 0 Å². The molecule has 0 atom stereocenters. The molecule has 138 valence electrons. The molecule has 2 heterocycles. The number of oxazole rings is 1. The number of benzene rings is 2. The standard InChI is InChI=1S/C21H20N2O4/c24-20(22-13-15-6-7-17-18(12-15)26-11-10-25-17)8-9-21-23-14-19(27-21)16-4-2-1-3-5-16/h1-7,12,14H,8-11,13H2,(H,22,24). The molecule has 3 aromatic rings. The summed E-state index contributed by atoms with van der Waals surface area (Å²) in [5.41, 5.74) is 1.94. The van der Waals surface area contributed by atoms with Gasteiger partial charge in [0.05, 0.1) is 6.20 Å². The molecule has 1 aliphatic heterocycles. The Hall–Kier alpha value is -3.28. The monoisotopic (exact) mass is 364 g/mol. The zero-order valence-corrected chi connectivity index (χ0v) is 14.8. The van der Waals surface area contributed by atoms with Crippen molar-refractivity contribution in [3.05, 3.63) is 66.2 Å². The largest absolute Gasteiger partial charge is 0.486 e. The number of hydrogen-bond donors (Lipinski definition) is 1. The SMILES string of the molecule is O=C(CCc1ncc(-c2ccccc2)o1)NCc1ccc2c(c1)OCCO2. The van der Waals surface area contributed by atoms with Crippen LogP contribution in [-0.4, -0.2) is 24.1 Å². The van der Waals surface area contributed by atoms with Gasteiger partial charge in [0.15, 0.2) is 23.1 Å². The number of nitrogens with one attached hydrogen (secondary N) is 1. The van der Waals surface area contributed by atoms with Crippen LogP contribution in [0.15, 0.2) is 59.1 Å². The van der Waals surface area contributed by atoms with Gasteiger partial charge in [0.1, 0.15) is 13.2 Å². The van der Waals surface area contributed by atoms with E-state index in [4.69, 9.17) is 13.9 Å². The number of nitrogens with zero attached hydrogens (tertiary/aromatic N) is 1. The quantitative estimate of drug-likeness (QED) is 0.726. The molecule has 0 aliphatic carbocycles. The Bertz CT molecular complexity index is 921. The first-order valence-corrected chi connectivity index (χ1v) is 8.93. The van der Waals surface area contributed by atoms with E-state index in [-0.39, 0.29) is 5.91 Å². The maximum atomic E-state index is 12.1. The molecule has 0 saturated heterocycles. The van der Waals surface area contributed by atoms with E-state index in [0.29, 0.717) is 44.3 Å². The second-order valence-electron chi connectivity index (χ2n) is 6.24. The van der Waals surface area contributed by atoms with Crippen LogP contribution in [0, 0.1) is 0 Å². The molecule has 1 amide bonds. The van der Waals surface area contributed by atoms with E-state index in [1.54, 1.807) is 6.20 Å². The van der Waals surface area contributed by atoms with Crippen LogP contribution < -0.4 is 14.8 Å². The molecule has 0 fully saturated rings. The van der Waals surface area contributed by atoms with Gasteiger partial charge in [-0.1, -0.05) is 36.4 Å². The fraction of sp³-hybridized carbons (Fsp3) is 0.238. The molecule has 0 bridgehead atoms. The van der Waals surface area contributed by atoms with E-state index in [0.717, 1.165) is 22.6 Å². The highest BCUT2D eigenvalue weighted by Crippen LogP contribution is 2.30. The molecule has 6 heteroatoms. The van der Waals surface area contributed by atoms with E-state index in [1.165, 1.54) is 0 Å². The maximum absolute atomic E-state index is 12.1. The summed E-state index contributed by atoms with van der Waals surface area (Å²) in [4.78, 5) is 16.4. The Morgan fingerprint density at radius 3 is 2.70 bits per heavy atom. The first kappa shape index (κ1) is 17.1. The lowest BCUT2D eigenvalue weighted by molar-refractivity contribution is -0.121. The first-order valence-electron chi connectivity index (χ1n) is 8.93. The van der Waals surface area contributed by atoms with E-state index in [2.05, 4.69) is 10.3 Å². The van der Waals surface area contributed by atoms with Crippen LogP contribution in [0.3, 0.4) is 0 Å². The van der Waals surface area contributed by atoms with Crippen molar-refractivity contribution < 1.29 is 18.7 Å². The maximum Gasteiger partial charge on any atom is 0.220 e. The number of rotatable bonds is 6. The fourth-order valence-electron chi connectivity index (χ4n) is 2.87. The normalized spacial score (nSPS) is 12.6. The molecule has 1 aliphatic rings. The van der Waals surface area contributed by atoms with Crippen molar-refractivity contribution in [2.45, 2.75) is 19.4 Å². The molecule has 2 aromatic carbocycles. The predicted molar refractivity (Wildman–Crippen MR) is 99.5 cm³/mol. The van der Waals surface area contributed by atoms with E-state index in [9.17, 15) is 4.79 Å². The molecule has 0 spiro atoms. The number of amides is 1. The molecular formula is C21H20N2O4. The smallest absolute Gasteiger partial charge is 0.220 e.